The van der Waals surface area contributed by atoms with Crippen LogP contribution in [0.5, 0.6) is 0 Å². The Kier molecular flexibility index (Phi) is 7.18. The van der Waals surface area contributed by atoms with E-state index in [1.165, 1.54) is 0 Å². The van der Waals surface area contributed by atoms with Crippen molar-refractivity contribution in [2.24, 2.45) is 5.73 Å². The summed E-state index contributed by atoms with van der Waals surface area (Å²) in [7, 11) is 0. The Bertz CT molecular complexity index is 1170. The van der Waals surface area contributed by atoms with Crippen LogP contribution in [-0.2, 0) is 30.8 Å². The molecule has 3 aromatic carbocycles. The summed E-state index contributed by atoms with van der Waals surface area (Å²) >= 11 is 12.2. The van der Waals surface area contributed by atoms with Gasteiger partial charge in [-0.15, -0.1) is 0 Å². The lowest BCUT2D eigenvalue weighted by molar-refractivity contribution is -0.133. The molecular formula is C25H24Cl2N4O2. The molecule has 33 heavy (non-hydrogen) atoms. The third-order valence-corrected chi connectivity index (χ3v) is 6.15. The van der Waals surface area contributed by atoms with E-state index in [9.17, 15) is 9.59 Å². The molecule has 0 spiro atoms. The maximum absolute atomic E-state index is 12.9. The molecule has 8 heteroatoms. The summed E-state index contributed by atoms with van der Waals surface area (Å²) in [5.74, 6) is -0.146. The van der Waals surface area contributed by atoms with Gasteiger partial charge < -0.3 is 21.3 Å². The van der Waals surface area contributed by atoms with Gasteiger partial charge in [-0.25, -0.2) is 4.79 Å². The normalized spacial score (nSPS) is 13.4. The van der Waals surface area contributed by atoms with Crippen molar-refractivity contribution in [1.82, 2.24) is 10.2 Å². The van der Waals surface area contributed by atoms with Crippen molar-refractivity contribution in [2.75, 3.05) is 5.32 Å². The van der Waals surface area contributed by atoms with Gasteiger partial charge in [-0.05, 0) is 52.9 Å². The van der Waals surface area contributed by atoms with Gasteiger partial charge in [-0.1, -0.05) is 65.7 Å². The van der Waals surface area contributed by atoms with Gasteiger partial charge in [0.15, 0.2) is 0 Å². The highest BCUT2D eigenvalue weighted by molar-refractivity contribution is 6.35. The summed E-state index contributed by atoms with van der Waals surface area (Å²) in [5.41, 5.74) is 10.7. The molecule has 0 fully saturated rings. The lowest BCUT2D eigenvalue weighted by atomic mass is 10.1. The number of fused-ring (bicyclic) bond motifs is 1. The number of urea groups is 1. The number of carbonyl (C=O) groups is 2. The van der Waals surface area contributed by atoms with Gasteiger partial charge in [-0.3, -0.25) is 4.79 Å². The van der Waals surface area contributed by atoms with Gasteiger partial charge in [-0.2, -0.15) is 0 Å². The van der Waals surface area contributed by atoms with Crippen LogP contribution >= 0.6 is 23.2 Å². The number of rotatable bonds is 6. The van der Waals surface area contributed by atoms with Crippen LogP contribution in [-0.4, -0.2) is 22.9 Å². The predicted molar refractivity (Wildman–Crippen MR) is 131 cm³/mol. The highest BCUT2D eigenvalue weighted by Gasteiger charge is 2.28. The van der Waals surface area contributed by atoms with Crippen LogP contribution < -0.4 is 16.4 Å². The molecule has 3 amide bonds. The molecule has 0 bridgehead atoms. The topological polar surface area (TPSA) is 87.5 Å². The van der Waals surface area contributed by atoms with E-state index in [-0.39, 0.29) is 11.9 Å². The van der Waals surface area contributed by atoms with E-state index in [4.69, 9.17) is 28.9 Å². The molecule has 0 saturated heterocycles. The quantitative estimate of drug-likeness (QED) is 0.474. The molecule has 1 heterocycles. The van der Waals surface area contributed by atoms with Gasteiger partial charge in [0, 0.05) is 35.4 Å². The molecule has 3 aromatic rings. The lowest BCUT2D eigenvalue weighted by Gasteiger charge is -2.20. The monoisotopic (exact) mass is 482 g/mol. The lowest BCUT2D eigenvalue weighted by Crippen LogP contribution is -2.42. The Hall–Kier alpha value is -3.06. The van der Waals surface area contributed by atoms with Crippen LogP contribution in [0, 0.1) is 0 Å². The number of halogens is 2. The summed E-state index contributed by atoms with van der Waals surface area (Å²) in [6.45, 7) is 1.36. The number of anilines is 1. The molecule has 0 unspecified atom stereocenters. The number of amides is 3. The average molecular weight is 483 g/mol. The zero-order valence-electron chi connectivity index (χ0n) is 17.9. The molecule has 6 nitrogen and oxygen atoms in total. The van der Waals surface area contributed by atoms with Crippen LogP contribution in [0.1, 0.15) is 22.3 Å². The number of benzene rings is 3. The Labute approximate surface area is 202 Å². The standard InChI is InChI=1S/C25H24Cl2N4O2/c26-20-8-6-17(22(27)12-20)11-23(28)24(32)31-14-18-7-9-21(10-19(18)15-31)30-25(33)29-13-16-4-2-1-3-5-16/h1-10,12,23H,11,13-15,28H2,(H2,29,30,33)/t23-/m1/s1. The van der Waals surface area contributed by atoms with Crippen molar-refractivity contribution < 1.29 is 9.59 Å². The van der Waals surface area contributed by atoms with Crippen molar-refractivity contribution in [3.8, 4) is 0 Å². The number of nitrogens with one attached hydrogen (secondary N) is 2. The molecule has 0 aromatic heterocycles. The second kappa shape index (κ2) is 10.3. The molecule has 0 saturated carbocycles. The Balaban J connectivity index is 1.33. The summed E-state index contributed by atoms with van der Waals surface area (Å²) in [6, 6.07) is 19.5. The van der Waals surface area contributed by atoms with E-state index in [2.05, 4.69) is 10.6 Å². The Morgan fingerprint density at radius 1 is 0.970 bits per heavy atom. The highest BCUT2D eigenvalue weighted by atomic mass is 35.5. The van der Waals surface area contributed by atoms with Crippen LogP contribution in [0.2, 0.25) is 10.0 Å². The van der Waals surface area contributed by atoms with E-state index in [1.807, 2.05) is 48.5 Å². The van der Waals surface area contributed by atoms with E-state index in [1.54, 1.807) is 23.1 Å². The molecule has 1 atom stereocenters. The minimum atomic E-state index is -0.709. The summed E-state index contributed by atoms with van der Waals surface area (Å²) in [6.07, 6.45) is 0.329. The van der Waals surface area contributed by atoms with Crippen molar-refractivity contribution in [3.05, 3.63) is 99.0 Å². The highest BCUT2D eigenvalue weighted by Crippen LogP contribution is 2.27. The minimum Gasteiger partial charge on any atom is -0.334 e. The van der Waals surface area contributed by atoms with E-state index >= 15 is 0 Å². The Morgan fingerprint density at radius 2 is 1.73 bits per heavy atom. The smallest absolute Gasteiger partial charge is 0.319 e. The zero-order chi connectivity index (χ0) is 23.4. The van der Waals surface area contributed by atoms with Crippen molar-refractivity contribution >= 4 is 40.8 Å². The molecule has 0 aliphatic carbocycles. The number of hydrogen-bond donors (Lipinski definition) is 3. The fourth-order valence-electron chi connectivity index (χ4n) is 3.83. The van der Waals surface area contributed by atoms with Gasteiger partial charge >= 0.3 is 6.03 Å². The average Bonchev–Trinajstić information content (AvgIpc) is 3.23. The molecule has 4 N–H and O–H groups in total. The number of nitrogens with zero attached hydrogens (tertiary/aromatic N) is 1. The van der Waals surface area contributed by atoms with Crippen molar-refractivity contribution in [2.45, 2.75) is 32.1 Å². The summed E-state index contributed by atoms with van der Waals surface area (Å²) in [4.78, 5) is 26.9. The second-order valence-electron chi connectivity index (χ2n) is 8.02. The van der Waals surface area contributed by atoms with Crippen LogP contribution in [0.4, 0.5) is 10.5 Å². The Morgan fingerprint density at radius 3 is 2.48 bits per heavy atom. The zero-order valence-corrected chi connectivity index (χ0v) is 19.4. The first-order chi connectivity index (χ1) is 15.9. The van der Waals surface area contributed by atoms with E-state index < -0.39 is 6.04 Å². The first-order valence-electron chi connectivity index (χ1n) is 10.6. The van der Waals surface area contributed by atoms with Crippen molar-refractivity contribution in [3.63, 3.8) is 0 Å². The van der Waals surface area contributed by atoms with Crippen LogP contribution in [0.15, 0.2) is 66.7 Å². The third kappa shape index (κ3) is 5.85. The van der Waals surface area contributed by atoms with Crippen molar-refractivity contribution in [1.29, 1.82) is 0 Å². The van der Waals surface area contributed by atoms with Gasteiger partial charge in [0.05, 0.1) is 6.04 Å². The SMILES string of the molecule is N[C@H](Cc1ccc(Cl)cc1Cl)C(=O)N1Cc2ccc(NC(=O)NCc3ccccc3)cc2C1. The molecular weight excluding hydrogens is 459 g/mol. The second-order valence-corrected chi connectivity index (χ2v) is 8.86. The largest absolute Gasteiger partial charge is 0.334 e. The maximum atomic E-state index is 12.9. The van der Waals surface area contributed by atoms with Gasteiger partial charge in [0.1, 0.15) is 0 Å². The fourth-order valence-corrected chi connectivity index (χ4v) is 4.31. The number of nitrogens with two attached hydrogens (primary N) is 1. The predicted octanol–water partition coefficient (Wildman–Crippen LogP) is 4.73. The molecule has 4 rings (SSSR count). The first-order valence-corrected chi connectivity index (χ1v) is 11.3. The van der Waals surface area contributed by atoms with Gasteiger partial charge in [0.25, 0.3) is 0 Å². The van der Waals surface area contributed by atoms with E-state index in [0.717, 1.165) is 22.3 Å². The maximum Gasteiger partial charge on any atom is 0.319 e. The van der Waals surface area contributed by atoms with Crippen LogP contribution in [0.3, 0.4) is 0 Å². The summed E-state index contributed by atoms with van der Waals surface area (Å²) < 4.78 is 0. The third-order valence-electron chi connectivity index (χ3n) is 5.57. The van der Waals surface area contributed by atoms with Crippen LogP contribution in [0.25, 0.3) is 0 Å². The number of carbonyl (C=O) groups excluding carboxylic acids is 2. The molecule has 0 radical (unpaired) electrons. The van der Waals surface area contributed by atoms with E-state index in [0.29, 0.717) is 41.8 Å². The summed E-state index contributed by atoms with van der Waals surface area (Å²) in [5, 5.41) is 6.72. The molecule has 170 valence electrons. The first kappa shape index (κ1) is 23.1. The fraction of sp³-hybridized carbons (Fsp3) is 0.200. The van der Waals surface area contributed by atoms with Gasteiger partial charge in [0.2, 0.25) is 5.91 Å². The molecule has 1 aliphatic rings. The number of hydrogen-bond acceptors (Lipinski definition) is 3. The minimum absolute atomic E-state index is 0.146. The molecule has 1 aliphatic heterocycles.